The lowest BCUT2D eigenvalue weighted by Crippen LogP contribution is -2.48. The van der Waals surface area contributed by atoms with Crippen molar-refractivity contribution in [2.75, 3.05) is 19.6 Å². The summed E-state index contributed by atoms with van der Waals surface area (Å²) in [5.74, 6) is -0.0773. The third kappa shape index (κ3) is 5.46. The number of hydrogen-bond acceptors (Lipinski definition) is 3. The molecule has 1 heterocycles. The molecule has 7 heteroatoms. The summed E-state index contributed by atoms with van der Waals surface area (Å²) in [6, 6.07) is 8.40. The number of nitriles is 1. The zero-order valence-corrected chi connectivity index (χ0v) is 15.2. The minimum Gasteiger partial charge on any atom is -0.333 e. The zero-order chi connectivity index (χ0) is 19.4. The molecule has 1 aliphatic carbocycles. The van der Waals surface area contributed by atoms with E-state index in [1.807, 2.05) is 4.90 Å². The van der Waals surface area contributed by atoms with Crippen LogP contribution >= 0.6 is 0 Å². The van der Waals surface area contributed by atoms with Crippen molar-refractivity contribution in [1.82, 2.24) is 9.80 Å². The number of nitrogens with zero attached hydrogens (tertiary/aromatic N) is 3. The van der Waals surface area contributed by atoms with Gasteiger partial charge in [0.05, 0.1) is 12.5 Å². The first-order valence-corrected chi connectivity index (χ1v) is 9.45. The minimum atomic E-state index is -4.24. The van der Waals surface area contributed by atoms with E-state index in [0.717, 1.165) is 45.3 Å². The number of alkyl halides is 3. The molecule has 146 valence electrons. The average Bonchev–Trinajstić information content (AvgIpc) is 3.45. The van der Waals surface area contributed by atoms with Crippen molar-refractivity contribution < 1.29 is 18.0 Å². The highest BCUT2D eigenvalue weighted by molar-refractivity contribution is 5.95. The summed E-state index contributed by atoms with van der Waals surface area (Å²) in [6.07, 6.45) is -0.973. The molecule has 1 aromatic rings. The van der Waals surface area contributed by atoms with Gasteiger partial charge in [0.2, 0.25) is 0 Å². The van der Waals surface area contributed by atoms with Crippen LogP contribution in [0, 0.1) is 11.3 Å². The largest absolute Gasteiger partial charge is 0.393 e. The van der Waals surface area contributed by atoms with Gasteiger partial charge in [-0.2, -0.15) is 18.4 Å². The van der Waals surface area contributed by atoms with Gasteiger partial charge in [-0.3, -0.25) is 4.79 Å². The predicted octanol–water partition coefficient (Wildman–Crippen LogP) is 3.77. The maximum absolute atomic E-state index is 13.0. The van der Waals surface area contributed by atoms with Crippen LogP contribution in [0.4, 0.5) is 13.2 Å². The second-order valence-electron chi connectivity index (χ2n) is 7.41. The van der Waals surface area contributed by atoms with Crippen LogP contribution in [0.5, 0.6) is 0 Å². The van der Waals surface area contributed by atoms with Crippen LogP contribution < -0.4 is 0 Å². The van der Waals surface area contributed by atoms with Crippen LogP contribution in [0.3, 0.4) is 0 Å². The molecule has 0 bridgehead atoms. The van der Waals surface area contributed by atoms with Crippen molar-refractivity contribution in [3.05, 3.63) is 35.4 Å². The Hall–Kier alpha value is -2.07. The van der Waals surface area contributed by atoms with E-state index in [-0.39, 0.29) is 23.6 Å². The molecule has 1 saturated carbocycles. The molecule has 0 aromatic heterocycles. The van der Waals surface area contributed by atoms with Gasteiger partial charge in [-0.15, -0.1) is 0 Å². The first-order valence-electron chi connectivity index (χ1n) is 9.45. The summed E-state index contributed by atoms with van der Waals surface area (Å²) in [6.45, 7) is 2.50. The summed E-state index contributed by atoms with van der Waals surface area (Å²) in [4.78, 5) is 17.2. The highest BCUT2D eigenvalue weighted by Gasteiger charge is 2.39. The lowest BCUT2D eigenvalue weighted by atomic mass is 10.0. The highest BCUT2D eigenvalue weighted by Crippen LogP contribution is 2.33. The molecule has 0 spiro atoms. The van der Waals surface area contributed by atoms with Gasteiger partial charge in [-0.1, -0.05) is 12.1 Å². The monoisotopic (exact) mass is 379 g/mol. The van der Waals surface area contributed by atoms with E-state index in [9.17, 15) is 18.0 Å². The smallest absolute Gasteiger partial charge is 0.333 e. The van der Waals surface area contributed by atoms with Gasteiger partial charge in [-0.05, 0) is 43.4 Å². The molecule has 3 rings (SSSR count). The minimum absolute atomic E-state index is 0.0773. The van der Waals surface area contributed by atoms with Crippen molar-refractivity contribution in [3.8, 4) is 6.07 Å². The fraction of sp³-hybridized carbons (Fsp3) is 0.600. The Morgan fingerprint density at radius 3 is 2.22 bits per heavy atom. The van der Waals surface area contributed by atoms with Gasteiger partial charge in [-0.25, -0.2) is 0 Å². The van der Waals surface area contributed by atoms with Gasteiger partial charge in [0.1, 0.15) is 0 Å². The Morgan fingerprint density at radius 1 is 1.11 bits per heavy atom. The van der Waals surface area contributed by atoms with Crippen LogP contribution in [-0.4, -0.2) is 53.6 Å². The molecule has 0 radical (unpaired) electrons. The van der Waals surface area contributed by atoms with Gasteiger partial charge >= 0.3 is 6.18 Å². The SMILES string of the molecule is N#CCCN1CCC(N(C(=O)c2ccc(CC(F)(F)F)cc2)C2CC2)CC1. The quantitative estimate of drug-likeness (QED) is 0.756. The van der Waals surface area contributed by atoms with Crippen molar-refractivity contribution in [3.63, 3.8) is 0 Å². The average molecular weight is 379 g/mol. The first-order chi connectivity index (χ1) is 12.9. The van der Waals surface area contributed by atoms with Crippen molar-refractivity contribution in [1.29, 1.82) is 5.26 Å². The Labute approximate surface area is 157 Å². The van der Waals surface area contributed by atoms with Crippen LogP contribution in [0.1, 0.15) is 48.0 Å². The second-order valence-corrected chi connectivity index (χ2v) is 7.41. The summed E-state index contributed by atoms with van der Waals surface area (Å²) in [5, 5.41) is 8.71. The lowest BCUT2D eigenvalue weighted by Gasteiger charge is -2.38. The van der Waals surface area contributed by atoms with Crippen molar-refractivity contribution in [2.45, 2.75) is 56.8 Å². The molecule has 2 aliphatic rings. The van der Waals surface area contributed by atoms with Crippen LogP contribution in [0.15, 0.2) is 24.3 Å². The maximum atomic E-state index is 13.0. The van der Waals surface area contributed by atoms with Gasteiger partial charge in [0.25, 0.3) is 5.91 Å². The predicted molar refractivity (Wildman–Crippen MR) is 95.1 cm³/mol. The van der Waals surface area contributed by atoms with Crippen LogP contribution in [0.2, 0.25) is 0 Å². The molecular formula is C20H24F3N3O. The second kappa shape index (κ2) is 8.30. The number of likely N-dealkylation sites (tertiary alicyclic amines) is 1. The maximum Gasteiger partial charge on any atom is 0.393 e. The number of carbonyl (C=O) groups excluding carboxylic acids is 1. The molecule has 0 atom stereocenters. The molecule has 2 fully saturated rings. The molecule has 4 nitrogen and oxygen atoms in total. The van der Waals surface area contributed by atoms with Crippen LogP contribution in [0.25, 0.3) is 0 Å². The number of benzene rings is 1. The van der Waals surface area contributed by atoms with Gasteiger partial charge in [0, 0.05) is 43.7 Å². The van der Waals surface area contributed by atoms with E-state index >= 15 is 0 Å². The summed E-state index contributed by atoms with van der Waals surface area (Å²) in [7, 11) is 0. The topological polar surface area (TPSA) is 47.3 Å². The van der Waals surface area contributed by atoms with Gasteiger partial charge in [0.15, 0.2) is 0 Å². The Morgan fingerprint density at radius 2 is 1.70 bits per heavy atom. The molecule has 1 aromatic carbocycles. The van der Waals surface area contributed by atoms with E-state index < -0.39 is 12.6 Å². The Balaban J connectivity index is 1.64. The molecular weight excluding hydrogens is 355 g/mol. The number of rotatable bonds is 6. The third-order valence-corrected chi connectivity index (χ3v) is 5.27. The molecule has 0 N–H and O–H groups in total. The normalized spacial score (nSPS) is 18.9. The van der Waals surface area contributed by atoms with Crippen LogP contribution in [-0.2, 0) is 6.42 Å². The van der Waals surface area contributed by atoms with E-state index in [4.69, 9.17) is 5.26 Å². The number of halogens is 3. The van der Waals surface area contributed by atoms with E-state index in [2.05, 4.69) is 11.0 Å². The van der Waals surface area contributed by atoms with E-state index in [0.29, 0.717) is 12.0 Å². The van der Waals surface area contributed by atoms with E-state index in [1.54, 1.807) is 0 Å². The van der Waals surface area contributed by atoms with E-state index in [1.165, 1.54) is 24.3 Å². The summed E-state index contributed by atoms with van der Waals surface area (Å²) in [5.41, 5.74) is 0.627. The Bertz CT molecular complexity index is 684. The molecule has 27 heavy (non-hydrogen) atoms. The Kier molecular flexibility index (Phi) is 6.05. The first kappa shape index (κ1) is 19.7. The lowest BCUT2D eigenvalue weighted by molar-refractivity contribution is -0.127. The molecule has 1 aliphatic heterocycles. The highest BCUT2D eigenvalue weighted by atomic mass is 19.4. The molecule has 1 amide bonds. The third-order valence-electron chi connectivity index (χ3n) is 5.27. The number of piperidine rings is 1. The fourth-order valence-electron chi connectivity index (χ4n) is 3.76. The number of carbonyl (C=O) groups is 1. The van der Waals surface area contributed by atoms with Crippen molar-refractivity contribution in [2.24, 2.45) is 0 Å². The van der Waals surface area contributed by atoms with Gasteiger partial charge < -0.3 is 9.80 Å². The number of amides is 1. The fourth-order valence-corrected chi connectivity index (χ4v) is 3.76. The number of hydrogen-bond donors (Lipinski definition) is 0. The standard InChI is InChI=1S/C20H24F3N3O/c21-20(22,23)14-15-2-4-16(5-3-15)19(27)26(17-6-7-17)18-8-12-25(13-9-18)11-1-10-24/h2-5,17-18H,1,6-9,11-14H2. The zero-order valence-electron chi connectivity index (χ0n) is 15.2. The van der Waals surface area contributed by atoms with Crippen molar-refractivity contribution >= 4 is 5.91 Å². The molecule has 1 saturated heterocycles. The summed E-state index contributed by atoms with van der Waals surface area (Å²) >= 11 is 0. The molecule has 0 unspecified atom stereocenters. The summed E-state index contributed by atoms with van der Waals surface area (Å²) < 4.78 is 37.5.